The van der Waals surface area contributed by atoms with Crippen LogP contribution in [0, 0.1) is 5.92 Å². The van der Waals surface area contributed by atoms with Crippen LogP contribution in [0.4, 0.5) is 0 Å². The Morgan fingerprint density at radius 1 is 0.879 bits per heavy atom. The maximum Gasteiger partial charge on any atom is 0.119 e. The fraction of sp³-hybridized carbons (Fsp3) is 0.357. The average molecular weight is 468 g/mol. The summed E-state index contributed by atoms with van der Waals surface area (Å²) < 4.78 is 11.8. The Morgan fingerprint density at radius 2 is 1.61 bits per heavy atom. The van der Waals surface area contributed by atoms with Crippen LogP contribution in [0.15, 0.2) is 78.9 Å². The minimum Gasteiger partial charge on any atom is -0.493 e. The van der Waals surface area contributed by atoms with E-state index in [0.717, 1.165) is 43.6 Å². The van der Waals surface area contributed by atoms with Crippen molar-refractivity contribution < 1.29 is 14.6 Å². The van der Waals surface area contributed by atoms with Crippen molar-refractivity contribution in [2.75, 3.05) is 13.2 Å². The van der Waals surface area contributed by atoms with Crippen LogP contribution >= 0.6 is 12.4 Å². The Labute approximate surface area is 203 Å². The number of hydrogen-bond donors (Lipinski definition) is 2. The van der Waals surface area contributed by atoms with E-state index >= 15 is 0 Å². The van der Waals surface area contributed by atoms with Crippen molar-refractivity contribution in [3.05, 3.63) is 95.6 Å². The zero-order valence-corrected chi connectivity index (χ0v) is 19.8. The van der Waals surface area contributed by atoms with E-state index in [1.165, 1.54) is 16.7 Å². The number of aryl methyl sites for hydroxylation is 1. The Balaban J connectivity index is 0.00000306. The minimum absolute atomic E-state index is 0. The summed E-state index contributed by atoms with van der Waals surface area (Å²) in [6, 6.07) is 26.1. The monoisotopic (exact) mass is 467 g/mol. The highest BCUT2D eigenvalue weighted by molar-refractivity contribution is 5.85. The number of hydrogen-bond acceptors (Lipinski definition) is 4. The van der Waals surface area contributed by atoms with E-state index in [9.17, 15) is 5.11 Å². The SMILES string of the molecule is Cl.NC(C1CCCc2ccc(OCCc3ccccc3)cc2C1)[C@H](O)COc1ccccc1. The van der Waals surface area contributed by atoms with Crippen molar-refractivity contribution >= 4 is 12.4 Å². The van der Waals surface area contributed by atoms with Crippen molar-refractivity contribution in [1.29, 1.82) is 0 Å². The van der Waals surface area contributed by atoms with Gasteiger partial charge in [0.15, 0.2) is 0 Å². The Bertz CT molecular complexity index is 967. The molecule has 2 unspecified atom stereocenters. The quantitative estimate of drug-likeness (QED) is 0.435. The fourth-order valence-electron chi connectivity index (χ4n) is 4.45. The van der Waals surface area contributed by atoms with Crippen molar-refractivity contribution in [2.24, 2.45) is 11.7 Å². The standard InChI is InChI=1S/C28H33NO3.ClH/c29-28(27(30)20-32-25-12-5-2-6-13-25)23-11-7-10-22-14-15-26(19-24(22)18-23)31-17-16-21-8-3-1-4-9-21;/h1-6,8-9,12-15,19,23,27-28,30H,7,10-11,16-18,20,29H2;1H/t23?,27-,28?;/m1./s1. The molecule has 0 saturated heterocycles. The molecule has 3 atom stereocenters. The zero-order valence-electron chi connectivity index (χ0n) is 18.9. The molecule has 0 aromatic heterocycles. The van der Waals surface area contributed by atoms with E-state index in [-0.39, 0.29) is 31.0 Å². The fourth-order valence-corrected chi connectivity index (χ4v) is 4.45. The molecule has 0 bridgehead atoms. The first kappa shape index (κ1) is 25.1. The predicted octanol–water partition coefficient (Wildman–Crippen LogP) is 4.99. The van der Waals surface area contributed by atoms with Crippen LogP contribution in [-0.4, -0.2) is 30.5 Å². The summed E-state index contributed by atoms with van der Waals surface area (Å²) >= 11 is 0. The number of ether oxygens (including phenoxy) is 2. The molecule has 4 nitrogen and oxygen atoms in total. The van der Waals surface area contributed by atoms with Gasteiger partial charge in [-0.2, -0.15) is 0 Å². The van der Waals surface area contributed by atoms with E-state index < -0.39 is 6.10 Å². The predicted molar refractivity (Wildman–Crippen MR) is 135 cm³/mol. The van der Waals surface area contributed by atoms with Crippen LogP contribution in [0.25, 0.3) is 0 Å². The molecule has 0 heterocycles. The third kappa shape index (κ3) is 7.23. The number of para-hydroxylation sites is 1. The van der Waals surface area contributed by atoms with Gasteiger partial charge in [-0.3, -0.25) is 0 Å². The molecule has 3 aromatic rings. The molecule has 33 heavy (non-hydrogen) atoms. The molecule has 0 radical (unpaired) electrons. The van der Waals surface area contributed by atoms with Crippen molar-refractivity contribution in [3.8, 4) is 11.5 Å². The largest absolute Gasteiger partial charge is 0.493 e. The van der Waals surface area contributed by atoms with Gasteiger partial charge in [0.25, 0.3) is 0 Å². The minimum atomic E-state index is -0.702. The summed E-state index contributed by atoms with van der Waals surface area (Å²) in [4.78, 5) is 0. The molecule has 3 N–H and O–H groups in total. The smallest absolute Gasteiger partial charge is 0.119 e. The number of fused-ring (bicyclic) bond motifs is 1. The van der Waals surface area contributed by atoms with E-state index in [0.29, 0.717) is 6.61 Å². The third-order valence-corrected chi connectivity index (χ3v) is 6.34. The first-order valence-corrected chi connectivity index (χ1v) is 11.6. The van der Waals surface area contributed by atoms with Gasteiger partial charge in [0.05, 0.1) is 6.61 Å². The Morgan fingerprint density at radius 3 is 2.36 bits per heavy atom. The van der Waals surface area contributed by atoms with Crippen molar-refractivity contribution in [3.63, 3.8) is 0 Å². The first-order chi connectivity index (χ1) is 15.7. The summed E-state index contributed by atoms with van der Waals surface area (Å²) in [5.41, 5.74) is 10.4. The molecule has 5 heteroatoms. The van der Waals surface area contributed by atoms with Crippen LogP contribution in [0.2, 0.25) is 0 Å². The van der Waals surface area contributed by atoms with Crippen LogP contribution in [0.1, 0.15) is 29.5 Å². The van der Waals surface area contributed by atoms with Crippen LogP contribution < -0.4 is 15.2 Å². The van der Waals surface area contributed by atoms with E-state index in [2.05, 4.69) is 42.5 Å². The maximum absolute atomic E-state index is 10.7. The van der Waals surface area contributed by atoms with Gasteiger partial charge in [-0.1, -0.05) is 54.6 Å². The van der Waals surface area contributed by atoms with Gasteiger partial charge < -0.3 is 20.3 Å². The summed E-state index contributed by atoms with van der Waals surface area (Å²) in [6.45, 7) is 0.860. The number of rotatable bonds is 9. The van der Waals surface area contributed by atoms with Crippen LogP contribution in [-0.2, 0) is 19.3 Å². The van der Waals surface area contributed by atoms with Crippen LogP contribution in [0.5, 0.6) is 11.5 Å². The number of halogens is 1. The van der Waals surface area contributed by atoms with Gasteiger partial charge in [0, 0.05) is 12.5 Å². The molecule has 3 aromatic carbocycles. The number of aliphatic hydroxyl groups excluding tert-OH is 1. The molecule has 1 aliphatic carbocycles. The highest BCUT2D eigenvalue weighted by Gasteiger charge is 2.28. The molecule has 1 aliphatic rings. The molecule has 0 aliphatic heterocycles. The molecule has 0 saturated carbocycles. The number of benzene rings is 3. The number of aliphatic hydroxyl groups is 1. The van der Waals surface area contributed by atoms with Gasteiger partial charge in [0.1, 0.15) is 24.2 Å². The van der Waals surface area contributed by atoms with Gasteiger partial charge in [-0.05, 0) is 72.6 Å². The lowest BCUT2D eigenvalue weighted by atomic mass is 9.87. The molecule has 176 valence electrons. The Hall–Kier alpha value is -2.53. The second kappa shape index (κ2) is 12.6. The lowest BCUT2D eigenvalue weighted by molar-refractivity contribution is 0.0645. The van der Waals surface area contributed by atoms with E-state index in [1.807, 2.05) is 36.4 Å². The van der Waals surface area contributed by atoms with Crippen molar-refractivity contribution in [2.45, 2.75) is 44.2 Å². The summed E-state index contributed by atoms with van der Waals surface area (Å²) in [6.07, 6.45) is 4.16. The normalized spacial score (nSPS) is 17.1. The number of nitrogens with two attached hydrogens (primary N) is 1. The average Bonchev–Trinajstić information content (AvgIpc) is 3.05. The third-order valence-electron chi connectivity index (χ3n) is 6.34. The van der Waals surface area contributed by atoms with Gasteiger partial charge in [0.2, 0.25) is 0 Å². The topological polar surface area (TPSA) is 64.7 Å². The van der Waals surface area contributed by atoms with Crippen LogP contribution in [0.3, 0.4) is 0 Å². The van der Waals surface area contributed by atoms with Gasteiger partial charge in [-0.15, -0.1) is 12.4 Å². The molecule has 0 amide bonds. The summed E-state index contributed by atoms with van der Waals surface area (Å²) in [5, 5.41) is 10.7. The van der Waals surface area contributed by atoms with Gasteiger partial charge >= 0.3 is 0 Å². The Kier molecular flexibility index (Phi) is 9.61. The second-order valence-electron chi connectivity index (χ2n) is 8.64. The summed E-state index contributed by atoms with van der Waals surface area (Å²) in [5.74, 6) is 1.87. The molecule has 0 spiro atoms. The maximum atomic E-state index is 10.7. The molecule has 0 fully saturated rings. The molecular weight excluding hydrogens is 434 g/mol. The highest BCUT2D eigenvalue weighted by atomic mass is 35.5. The van der Waals surface area contributed by atoms with Gasteiger partial charge in [-0.25, -0.2) is 0 Å². The highest BCUT2D eigenvalue weighted by Crippen LogP contribution is 2.30. The first-order valence-electron chi connectivity index (χ1n) is 11.6. The second-order valence-corrected chi connectivity index (χ2v) is 8.64. The zero-order chi connectivity index (χ0) is 22.2. The molecular formula is C28H34ClNO3. The lowest BCUT2D eigenvalue weighted by Gasteiger charge is -2.27. The van der Waals surface area contributed by atoms with Crippen molar-refractivity contribution in [1.82, 2.24) is 0 Å². The van der Waals surface area contributed by atoms with E-state index in [4.69, 9.17) is 15.2 Å². The lowest BCUT2D eigenvalue weighted by Crippen LogP contribution is -2.45. The van der Waals surface area contributed by atoms with E-state index in [1.54, 1.807) is 0 Å². The summed E-state index contributed by atoms with van der Waals surface area (Å²) in [7, 11) is 0. The molecule has 4 rings (SSSR count).